The van der Waals surface area contributed by atoms with E-state index in [1.807, 2.05) is 6.92 Å². The van der Waals surface area contributed by atoms with Crippen molar-refractivity contribution in [3.8, 4) is 5.75 Å². The fourth-order valence-corrected chi connectivity index (χ4v) is 4.66. The van der Waals surface area contributed by atoms with Crippen molar-refractivity contribution in [2.24, 2.45) is 0 Å². The van der Waals surface area contributed by atoms with Crippen LogP contribution in [0.5, 0.6) is 5.75 Å². The zero-order chi connectivity index (χ0) is 18.6. The first-order valence-corrected chi connectivity index (χ1v) is 10.0. The van der Waals surface area contributed by atoms with Crippen molar-refractivity contribution in [3.05, 3.63) is 23.8 Å². The number of rotatable bonds is 6. The summed E-state index contributed by atoms with van der Waals surface area (Å²) in [6.45, 7) is 8.31. The fraction of sp³-hybridized carbons (Fsp3) is 0.588. The Labute approximate surface area is 162 Å². The summed E-state index contributed by atoms with van der Waals surface area (Å²) in [5.74, 6) is 0.0875. The number of halogens is 1. The second-order valence-electron chi connectivity index (χ2n) is 6.01. The number of ether oxygens (including phenoxy) is 1. The molecule has 0 spiro atoms. The summed E-state index contributed by atoms with van der Waals surface area (Å²) in [7, 11) is -2.29. The molecule has 1 aromatic carbocycles. The summed E-state index contributed by atoms with van der Waals surface area (Å²) < 4.78 is 32.4. The topological polar surface area (TPSA) is 79.0 Å². The first-order chi connectivity index (χ1) is 11.9. The zero-order valence-electron chi connectivity index (χ0n) is 15.7. The van der Waals surface area contributed by atoms with Crippen LogP contribution in [0.2, 0.25) is 0 Å². The lowest BCUT2D eigenvalue weighted by Gasteiger charge is -2.34. The van der Waals surface area contributed by atoms with Gasteiger partial charge in [0.2, 0.25) is 10.0 Å². The predicted octanol–water partition coefficient (Wildman–Crippen LogP) is 1.58. The van der Waals surface area contributed by atoms with Crippen LogP contribution in [-0.2, 0) is 10.0 Å². The number of amides is 1. The minimum Gasteiger partial charge on any atom is -0.495 e. The molecule has 0 aliphatic carbocycles. The molecule has 1 atom stereocenters. The van der Waals surface area contributed by atoms with E-state index < -0.39 is 10.0 Å². The van der Waals surface area contributed by atoms with Crippen LogP contribution in [0.1, 0.15) is 31.1 Å². The van der Waals surface area contributed by atoms with Crippen LogP contribution in [0, 0.1) is 0 Å². The molecule has 1 aliphatic heterocycles. The Morgan fingerprint density at radius 2 is 2.00 bits per heavy atom. The second kappa shape index (κ2) is 9.55. The number of sulfonamides is 1. The van der Waals surface area contributed by atoms with E-state index in [0.29, 0.717) is 25.2 Å². The number of benzene rings is 1. The maximum absolute atomic E-state index is 12.9. The third-order valence-electron chi connectivity index (χ3n) is 4.50. The smallest absolute Gasteiger partial charge is 0.254 e. The second-order valence-corrected chi connectivity index (χ2v) is 7.91. The lowest BCUT2D eigenvalue weighted by Crippen LogP contribution is -2.52. The van der Waals surface area contributed by atoms with Crippen molar-refractivity contribution in [3.63, 3.8) is 0 Å². The van der Waals surface area contributed by atoms with Gasteiger partial charge in [0.05, 0.1) is 7.11 Å². The number of hydrogen-bond acceptors (Lipinski definition) is 5. The molecule has 9 heteroatoms. The molecule has 148 valence electrons. The van der Waals surface area contributed by atoms with Crippen molar-refractivity contribution in [1.82, 2.24) is 14.5 Å². The quantitative estimate of drug-likeness (QED) is 0.777. The Morgan fingerprint density at radius 3 is 2.54 bits per heavy atom. The molecule has 1 amide bonds. The summed E-state index contributed by atoms with van der Waals surface area (Å²) in [5.41, 5.74) is 0.361. The highest BCUT2D eigenvalue weighted by Crippen LogP contribution is 2.28. The summed E-state index contributed by atoms with van der Waals surface area (Å²) in [4.78, 5) is 14.7. The van der Waals surface area contributed by atoms with Crippen molar-refractivity contribution >= 4 is 28.3 Å². The Balaban J connectivity index is 0.00000338. The first-order valence-electron chi connectivity index (χ1n) is 8.56. The molecule has 1 N–H and O–H groups in total. The summed E-state index contributed by atoms with van der Waals surface area (Å²) in [5, 5.41) is 3.24. The van der Waals surface area contributed by atoms with E-state index in [1.54, 1.807) is 30.9 Å². The highest BCUT2D eigenvalue weighted by atomic mass is 35.5. The van der Waals surface area contributed by atoms with Crippen LogP contribution >= 0.6 is 12.4 Å². The zero-order valence-corrected chi connectivity index (χ0v) is 17.3. The predicted molar refractivity (Wildman–Crippen MR) is 104 cm³/mol. The highest BCUT2D eigenvalue weighted by molar-refractivity contribution is 7.89. The van der Waals surface area contributed by atoms with Gasteiger partial charge in [-0.2, -0.15) is 4.31 Å². The SMILES string of the molecule is CCN(CC)S(=O)(=O)c1cc(C(=O)N2CCNC[C@@H]2C)ccc1OC.Cl. The van der Waals surface area contributed by atoms with Gasteiger partial charge < -0.3 is 15.0 Å². The van der Waals surface area contributed by atoms with Gasteiger partial charge in [-0.15, -0.1) is 12.4 Å². The molecular weight excluding hydrogens is 378 g/mol. The average molecular weight is 406 g/mol. The molecule has 0 radical (unpaired) electrons. The average Bonchev–Trinajstić information content (AvgIpc) is 2.61. The lowest BCUT2D eigenvalue weighted by atomic mass is 10.1. The van der Waals surface area contributed by atoms with Gasteiger partial charge in [-0.1, -0.05) is 13.8 Å². The molecule has 7 nitrogen and oxygen atoms in total. The van der Waals surface area contributed by atoms with Gasteiger partial charge in [-0.3, -0.25) is 4.79 Å². The number of carbonyl (C=O) groups is 1. The Morgan fingerprint density at radius 1 is 1.35 bits per heavy atom. The molecule has 1 saturated heterocycles. The maximum Gasteiger partial charge on any atom is 0.254 e. The molecule has 2 rings (SSSR count). The van der Waals surface area contributed by atoms with E-state index in [1.165, 1.54) is 17.5 Å². The Bertz CT molecular complexity index is 723. The van der Waals surface area contributed by atoms with Crippen molar-refractivity contribution < 1.29 is 17.9 Å². The van der Waals surface area contributed by atoms with Crippen molar-refractivity contribution in [2.75, 3.05) is 39.8 Å². The van der Waals surface area contributed by atoms with Crippen LogP contribution in [0.25, 0.3) is 0 Å². The van der Waals surface area contributed by atoms with Crippen LogP contribution < -0.4 is 10.1 Å². The number of carbonyl (C=O) groups excluding carboxylic acids is 1. The standard InChI is InChI=1S/C17H27N3O4S.ClH/c1-5-19(6-2)25(22,23)16-11-14(7-8-15(16)24-4)17(21)20-10-9-18-12-13(20)3;/h7-8,11,13,18H,5-6,9-10,12H2,1-4H3;1H/t13-;/m0./s1. The van der Waals surface area contributed by atoms with E-state index in [2.05, 4.69) is 5.32 Å². The fourth-order valence-electron chi connectivity index (χ4n) is 3.02. The van der Waals surface area contributed by atoms with Gasteiger partial charge in [0.25, 0.3) is 5.91 Å². The summed E-state index contributed by atoms with van der Waals surface area (Å²) in [6.07, 6.45) is 0. The van der Waals surface area contributed by atoms with Gasteiger partial charge >= 0.3 is 0 Å². The van der Waals surface area contributed by atoms with Gasteiger partial charge in [-0.25, -0.2) is 8.42 Å². The summed E-state index contributed by atoms with van der Waals surface area (Å²) in [6, 6.07) is 4.67. The third-order valence-corrected chi connectivity index (χ3v) is 6.57. The van der Waals surface area contributed by atoms with Gasteiger partial charge in [0.15, 0.2) is 0 Å². The Hall–Kier alpha value is -1.35. The molecule has 0 aromatic heterocycles. The van der Waals surface area contributed by atoms with Crippen LogP contribution in [0.3, 0.4) is 0 Å². The maximum atomic E-state index is 12.9. The number of nitrogens with one attached hydrogen (secondary N) is 1. The molecule has 1 aliphatic rings. The molecule has 1 fully saturated rings. The van der Waals surface area contributed by atoms with Gasteiger partial charge in [0.1, 0.15) is 10.6 Å². The molecule has 26 heavy (non-hydrogen) atoms. The number of piperazine rings is 1. The van der Waals surface area contributed by atoms with E-state index >= 15 is 0 Å². The van der Waals surface area contributed by atoms with Crippen molar-refractivity contribution in [2.45, 2.75) is 31.7 Å². The number of nitrogens with zero attached hydrogens (tertiary/aromatic N) is 2. The monoisotopic (exact) mass is 405 g/mol. The van der Waals surface area contributed by atoms with Crippen LogP contribution in [-0.4, -0.2) is 69.4 Å². The van der Waals surface area contributed by atoms with E-state index in [4.69, 9.17) is 4.74 Å². The minimum absolute atomic E-state index is 0. The third kappa shape index (κ3) is 4.49. The van der Waals surface area contributed by atoms with E-state index in [0.717, 1.165) is 13.1 Å². The van der Waals surface area contributed by atoms with Gasteiger partial charge in [-0.05, 0) is 25.1 Å². The summed E-state index contributed by atoms with van der Waals surface area (Å²) >= 11 is 0. The molecule has 1 heterocycles. The normalized spacial score (nSPS) is 17.7. The Kier molecular flexibility index (Phi) is 8.33. The van der Waals surface area contributed by atoms with E-state index in [9.17, 15) is 13.2 Å². The lowest BCUT2D eigenvalue weighted by molar-refractivity contribution is 0.0655. The molecule has 0 bridgehead atoms. The van der Waals surface area contributed by atoms with Crippen molar-refractivity contribution in [1.29, 1.82) is 0 Å². The largest absolute Gasteiger partial charge is 0.495 e. The van der Waals surface area contributed by atoms with Crippen LogP contribution in [0.15, 0.2) is 23.1 Å². The first kappa shape index (κ1) is 22.7. The minimum atomic E-state index is -3.72. The molecule has 1 aromatic rings. The van der Waals surface area contributed by atoms with E-state index in [-0.39, 0.29) is 35.0 Å². The molecule has 0 saturated carbocycles. The highest BCUT2D eigenvalue weighted by Gasteiger charge is 2.29. The molecular formula is C17H28ClN3O4S. The molecule has 0 unspecified atom stereocenters. The van der Waals surface area contributed by atoms with Crippen LogP contribution in [0.4, 0.5) is 0 Å². The van der Waals surface area contributed by atoms with Gasteiger partial charge in [0, 0.05) is 44.3 Å². The number of methoxy groups -OCH3 is 1. The number of hydrogen-bond donors (Lipinski definition) is 1.